The molecule has 0 heterocycles. The Morgan fingerprint density at radius 1 is 1.25 bits per heavy atom. The van der Waals surface area contributed by atoms with Gasteiger partial charge in [0.1, 0.15) is 12.4 Å². The molecule has 0 fully saturated rings. The van der Waals surface area contributed by atoms with Crippen LogP contribution in [-0.4, -0.2) is 17.2 Å². The van der Waals surface area contributed by atoms with E-state index in [-0.39, 0.29) is 9.99 Å². The maximum Gasteiger partial charge on any atom is 0.411 e. The van der Waals surface area contributed by atoms with E-state index >= 15 is 0 Å². The van der Waals surface area contributed by atoms with Crippen LogP contribution >= 0.6 is 22.6 Å². The Balaban J connectivity index is 2.72. The van der Waals surface area contributed by atoms with Crippen LogP contribution in [0.4, 0.5) is 17.6 Å². The Bertz CT molecular complexity index is 340. The SMILES string of the molecule is Fc1ccccc1C(CI)OCC(F)(F)F. The van der Waals surface area contributed by atoms with Crippen molar-refractivity contribution in [1.82, 2.24) is 0 Å². The first-order chi connectivity index (χ1) is 7.44. The van der Waals surface area contributed by atoms with Crippen molar-refractivity contribution in [3.63, 3.8) is 0 Å². The molecule has 0 saturated heterocycles. The largest absolute Gasteiger partial charge is 0.411 e. The predicted octanol–water partition coefficient (Wildman–Crippen LogP) is 3.88. The number of hydrogen-bond donors (Lipinski definition) is 0. The second-order valence-corrected chi connectivity index (χ2v) is 3.97. The van der Waals surface area contributed by atoms with Crippen molar-refractivity contribution in [2.75, 3.05) is 11.0 Å². The Hall–Kier alpha value is -0.370. The fraction of sp³-hybridized carbons (Fsp3) is 0.400. The highest BCUT2D eigenvalue weighted by Crippen LogP contribution is 2.25. The summed E-state index contributed by atoms with van der Waals surface area (Å²) in [5.41, 5.74) is 0.154. The number of hydrogen-bond acceptors (Lipinski definition) is 1. The van der Waals surface area contributed by atoms with Crippen molar-refractivity contribution in [2.45, 2.75) is 12.3 Å². The fourth-order valence-electron chi connectivity index (χ4n) is 1.15. The first-order valence-electron chi connectivity index (χ1n) is 4.43. The third-order valence-electron chi connectivity index (χ3n) is 1.84. The lowest BCUT2D eigenvalue weighted by Gasteiger charge is -2.17. The summed E-state index contributed by atoms with van der Waals surface area (Å²) in [5, 5.41) is 0. The third-order valence-corrected chi connectivity index (χ3v) is 2.64. The van der Waals surface area contributed by atoms with Gasteiger partial charge in [0.15, 0.2) is 0 Å². The highest BCUT2D eigenvalue weighted by molar-refractivity contribution is 14.1. The van der Waals surface area contributed by atoms with Crippen LogP contribution in [0.3, 0.4) is 0 Å². The Morgan fingerprint density at radius 3 is 2.38 bits per heavy atom. The van der Waals surface area contributed by atoms with E-state index in [1.54, 1.807) is 6.07 Å². The van der Waals surface area contributed by atoms with Crippen molar-refractivity contribution < 1.29 is 22.3 Å². The summed E-state index contributed by atoms with van der Waals surface area (Å²) in [4.78, 5) is 0. The van der Waals surface area contributed by atoms with E-state index < -0.39 is 24.7 Å². The zero-order chi connectivity index (χ0) is 12.2. The van der Waals surface area contributed by atoms with Crippen molar-refractivity contribution in [3.8, 4) is 0 Å². The third kappa shape index (κ3) is 4.25. The van der Waals surface area contributed by atoms with Crippen LogP contribution in [0.25, 0.3) is 0 Å². The lowest BCUT2D eigenvalue weighted by atomic mass is 10.1. The first kappa shape index (κ1) is 13.7. The number of rotatable bonds is 4. The molecule has 0 radical (unpaired) electrons. The van der Waals surface area contributed by atoms with Gasteiger partial charge >= 0.3 is 6.18 Å². The molecule has 1 aromatic rings. The normalized spacial score (nSPS) is 13.8. The van der Waals surface area contributed by atoms with Gasteiger partial charge in [0.05, 0.1) is 6.10 Å². The molecular formula is C10H9F4IO. The molecule has 1 atom stereocenters. The molecule has 16 heavy (non-hydrogen) atoms. The van der Waals surface area contributed by atoms with Gasteiger partial charge in [-0.05, 0) is 6.07 Å². The molecular weight excluding hydrogens is 339 g/mol. The average Bonchev–Trinajstić information content (AvgIpc) is 2.20. The summed E-state index contributed by atoms with van der Waals surface area (Å²) in [6.07, 6.45) is -5.27. The fourth-order valence-corrected chi connectivity index (χ4v) is 1.88. The van der Waals surface area contributed by atoms with Crippen molar-refractivity contribution in [2.24, 2.45) is 0 Å². The molecule has 0 amide bonds. The van der Waals surface area contributed by atoms with E-state index in [1.807, 2.05) is 22.6 Å². The maximum atomic E-state index is 13.3. The first-order valence-corrected chi connectivity index (χ1v) is 5.95. The smallest absolute Gasteiger partial charge is 0.363 e. The Morgan fingerprint density at radius 2 is 1.88 bits per heavy atom. The lowest BCUT2D eigenvalue weighted by molar-refractivity contribution is -0.183. The highest BCUT2D eigenvalue weighted by Gasteiger charge is 2.30. The van der Waals surface area contributed by atoms with Crippen molar-refractivity contribution >= 4 is 22.6 Å². The number of benzene rings is 1. The molecule has 1 aromatic carbocycles. The molecule has 1 nitrogen and oxygen atoms in total. The standard InChI is InChI=1S/C10H9F4IO/c11-8-4-2-1-3-7(8)9(5-15)16-6-10(12,13)14/h1-4,9H,5-6H2. The minimum absolute atomic E-state index is 0.154. The minimum Gasteiger partial charge on any atom is -0.363 e. The molecule has 0 saturated carbocycles. The van der Waals surface area contributed by atoms with Crippen LogP contribution in [0, 0.1) is 5.82 Å². The second kappa shape index (κ2) is 5.81. The van der Waals surface area contributed by atoms with Crippen LogP contribution < -0.4 is 0 Å². The van der Waals surface area contributed by atoms with Crippen LogP contribution in [0.2, 0.25) is 0 Å². The van der Waals surface area contributed by atoms with Crippen LogP contribution in [-0.2, 0) is 4.74 Å². The summed E-state index contributed by atoms with van der Waals surface area (Å²) >= 11 is 1.86. The summed E-state index contributed by atoms with van der Waals surface area (Å²) in [5.74, 6) is -0.550. The zero-order valence-corrected chi connectivity index (χ0v) is 10.3. The van der Waals surface area contributed by atoms with Gasteiger partial charge in [0.2, 0.25) is 0 Å². The van der Waals surface area contributed by atoms with E-state index in [1.165, 1.54) is 18.2 Å². The van der Waals surface area contributed by atoms with Crippen LogP contribution in [0.5, 0.6) is 0 Å². The van der Waals surface area contributed by atoms with E-state index in [4.69, 9.17) is 0 Å². The molecule has 1 unspecified atom stereocenters. The maximum absolute atomic E-state index is 13.3. The number of halogens is 5. The van der Waals surface area contributed by atoms with Crippen LogP contribution in [0.1, 0.15) is 11.7 Å². The molecule has 0 aliphatic carbocycles. The monoisotopic (exact) mass is 348 g/mol. The van der Waals surface area contributed by atoms with Gasteiger partial charge < -0.3 is 4.74 Å². The molecule has 0 N–H and O–H groups in total. The molecule has 0 spiro atoms. The quantitative estimate of drug-likeness (QED) is 0.456. The van der Waals surface area contributed by atoms with Crippen LogP contribution in [0.15, 0.2) is 24.3 Å². The van der Waals surface area contributed by atoms with Gasteiger partial charge in [-0.1, -0.05) is 40.8 Å². The minimum atomic E-state index is -4.39. The molecule has 0 aliphatic heterocycles. The highest BCUT2D eigenvalue weighted by atomic mass is 127. The molecule has 0 aromatic heterocycles. The summed E-state index contributed by atoms with van der Waals surface area (Å²) in [7, 11) is 0. The van der Waals surface area contributed by atoms with E-state index in [9.17, 15) is 17.6 Å². The zero-order valence-electron chi connectivity index (χ0n) is 8.10. The summed E-state index contributed by atoms with van der Waals surface area (Å²) in [6, 6.07) is 5.67. The van der Waals surface area contributed by atoms with Gasteiger partial charge in [0.25, 0.3) is 0 Å². The average molecular weight is 348 g/mol. The summed E-state index contributed by atoms with van der Waals surface area (Å²) < 4.78 is 54.0. The summed E-state index contributed by atoms with van der Waals surface area (Å²) in [6.45, 7) is -1.37. The topological polar surface area (TPSA) is 9.23 Å². The van der Waals surface area contributed by atoms with E-state index in [0.717, 1.165) is 0 Å². The van der Waals surface area contributed by atoms with E-state index in [0.29, 0.717) is 0 Å². The van der Waals surface area contributed by atoms with Gasteiger partial charge in [-0.2, -0.15) is 13.2 Å². The molecule has 6 heteroatoms. The van der Waals surface area contributed by atoms with Crippen molar-refractivity contribution in [3.05, 3.63) is 35.6 Å². The Labute approximate surface area is 104 Å². The molecule has 1 rings (SSSR count). The molecule has 0 aliphatic rings. The molecule has 90 valence electrons. The van der Waals surface area contributed by atoms with Gasteiger partial charge in [-0.3, -0.25) is 0 Å². The number of alkyl halides is 4. The van der Waals surface area contributed by atoms with E-state index in [2.05, 4.69) is 4.74 Å². The van der Waals surface area contributed by atoms with Gasteiger partial charge in [0, 0.05) is 9.99 Å². The lowest BCUT2D eigenvalue weighted by Crippen LogP contribution is -2.20. The number of ether oxygens (including phenoxy) is 1. The molecule has 0 bridgehead atoms. The van der Waals surface area contributed by atoms with Crippen molar-refractivity contribution in [1.29, 1.82) is 0 Å². The predicted molar refractivity (Wildman–Crippen MR) is 60.0 cm³/mol. The Kier molecular flexibility index (Phi) is 4.97. The van der Waals surface area contributed by atoms with Gasteiger partial charge in [-0.25, -0.2) is 4.39 Å². The van der Waals surface area contributed by atoms with Gasteiger partial charge in [-0.15, -0.1) is 0 Å². The second-order valence-electron chi connectivity index (χ2n) is 3.09.